The van der Waals surface area contributed by atoms with Crippen LogP contribution >= 0.6 is 0 Å². The van der Waals surface area contributed by atoms with E-state index in [9.17, 15) is 0 Å². The number of terminal acetylenes is 1. The molecule has 0 amide bonds. The van der Waals surface area contributed by atoms with Gasteiger partial charge < -0.3 is 9.52 Å². The molecule has 0 unspecified atom stereocenters. The van der Waals surface area contributed by atoms with Crippen LogP contribution in [0.5, 0.6) is 0 Å². The van der Waals surface area contributed by atoms with Gasteiger partial charge in [-0.15, -0.1) is 6.42 Å². The second-order valence-electron chi connectivity index (χ2n) is 1.91. The average molecular weight is 136 g/mol. The monoisotopic (exact) mass is 136 g/mol. The number of rotatable bonds is 2. The van der Waals surface area contributed by atoms with Crippen LogP contribution in [0.25, 0.3) is 0 Å². The summed E-state index contributed by atoms with van der Waals surface area (Å²) in [5, 5.41) is 8.57. The van der Waals surface area contributed by atoms with Crippen molar-refractivity contribution in [3.05, 3.63) is 23.7 Å². The molecular formula is C8H8O2. The summed E-state index contributed by atoms with van der Waals surface area (Å²) >= 11 is 0. The Hall–Kier alpha value is -1.20. The molecule has 10 heavy (non-hydrogen) atoms. The summed E-state index contributed by atoms with van der Waals surface area (Å²) in [5.74, 6) is 3.73. The van der Waals surface area contributed by atoms with Crippen LogP contribution in [0.15, 0.2) is 16.5 Å². The smallest absolute Gasteiger partial charge is 0.129 e. The molecule has 2 heteroatoms. The van der Waals surface area contributed by atoms with Crippen molar-refractivity contribution >= 4 is 0 Å². The minimum atomic E-state index is -0.0649. The molecule has 1 N–H and O–H groups in total. The maximum Gasteiger partial charge on any atom is 0.129 e. The first kappa shape index (κ1) is 6.91. The normalized spacial score (nSPS) is 9.20. The van der Waals surface area contributed by atoms with E-state index in [-0.39, 0.29) is 6.61 Å². The molecule has 0 fully saturated rings. The first-order chi connectivity index (χ1) is 4.86. The minimum Gasteiger partial charge on any atom is -0.463 e. The number of aliphatic hydroxyl groups excluding tert-OH is 1. The van der Waals surface area contributed by atoms with E-state index in [0.717, 1.165) is 5.76 Å². The van der Waals surface area contributed by atoms with E-state index in [1.54, 1.807) is 12.1 Å². The number of aliphatic hydroxyl groups is 1. The van der Waals surface area contributed by atoms with Gasteiger partial charge in [-0.3, -0.25) is 0 Å². The average Bonchev–Trinajstić information content (AvgIpc) is 2.37. The van der Waals surface area contributed by atoms with E-state index in [2.05, 4.69) is 5.92 Å². The highest BCUT2D eigenvalue weighted by molar-refractivity contribution is 5.11. The molecule has 0 atom stereocenters. The molecule has 0 aliphatic carbocycles. The van der Waals surface area contributed by atoms with Crippen LogP contribution in [-0.2, 0) is 13.0 Å². The third-order valence-corrected chi connectivity index (χ3v) is 1.15. The van der Waals surface area contributed by atoms with Gasteiger partial charge in [-0.25, -0.2) is 0 Å². The van der Waals surface area contributed by atoms with E-state index < -0.39 is 0 Å². The zero-order valence-electron chi connectivity index (χ0n) is 5.50. The van der Waals surface area contributed by atoms with Gasteiger partial charge in [-0.2, -0.15) is 0 Å². The SMILES string of the molecule is C#CCc1ccc(CO)o1. The van der Waals surface area contributed by atoms with Crippen molar-refractivity contribution in [2.45, 2.75) is 13.0 Å². The molecule has 0 spiro atoms. The Balaban J connectivity index is 2.70. The van der Waals surface area contributed by atoms with Crippen LogP contribution in [-0.4, -0.2) is 5.11 Å². The highest BCUT2D eigenvalue weighted by Gasteiger charge is 1.97. The zero-order valence-corrected chi connectivity index (χ0v) is 5.50. The standard InChI is InChI=1S/C8H8O2/c1-2-3-7-4-5-8(6-9)10-7/h1,4-5,9H,3,6H2. The first-order valence-corrected chi connectivity index (χ1v) is 2.98. The van der Waals surface area contributed by atoms with E-state index in [0.29, 0.717) is 12.2 Å². The fourth-order valence-corrected chi connectivity index (χ4v) is 0.703. The number of furan rings is 1. The highest BCUT2D eigenvalue weighted by Crippen LogP contribution is 2.07. The lowest BCUT2D eigenvalue weighted by atomic mass is 10.3. The molecule has 1 heterocycles. The molecule has 0 saturated carbocycles. The van der Waals surface area contributed by atoms with Crippen LogP contribution < -0.4 is 0 Å². The third-order valence-electron chi connectivity index (χ3n) is 1.15. The van der Waals surface area contributed by atoms with E-state index >= 15 is 0 Å². The van der Waals surface area contributed by atoms with Gasteiger partial charge >= 0.3 is 0 Å². The van der Waals surface area contributed by atoms with Gasteiger partial charge in [0.25, 0.3) is 0 Å². The van der Waals surface area contributed by atoms with Gasteiger partial charge in [0.2, 0.25) is 0 Å². The van der Waals surface area contributed by atoms with Gasteiger partial charge in [0.05, 0.1) is 6.42 Å². The molecule has 1 aromatic rings. The Bertz CT molecular complexity index is 242. The van der Waals surface area contributed by atoms with Crippen molar-refractivity contribution in [2.24, 2.45) is 0 Å². The summed E-state index contributed by atoms with van der Waals surface area (Å²) < 4.78 is 5.08. The molecule has 0 bridgehead atoms. The van der Waals surface area contributed by atoms with Crippen LogP contribution in [0.4, 0.5) is 0 Å². The first-order valence-electron chi connectivity index (χ1n) is 2.98. The van der Waals surface area contributed by atoms with E-state index in [1.807, 2.05) is 0 Å². The fourth-order valence-electron chi connectivity index (χ4n) is 0.703. The summed E-state index contributed by atoms with van der Waals surface area (Å²) in [6.45, 7) is -0.0649. The van der Waals surface area contributed by atoms with Crippen LogP contribution in [0, 0.1) is 12.3 Å². The molecule has 0 aromatic carbocycles. The Kier molecular flexibility index (Phi) is 2.14. The number of hydrogen-bond donors (Lipinski definition) is 1. The fraction of sp³-hybridized carbons (Fsp3) is 0.250. The van der Waals surface area contributed by atoms with Crippen LogP contribution in [0.3, 0.4) is 0 Å². The molecular weight excluding hydrogens is 128 g/mol. The second-order valence-corrected chi connectivity index (χ2v) is 1.91. The summed E-state index contributed by atoms with van der Waals surface area (Å²) in [7, 11) is 0. The van der Waals surface area contributed by atoms with Crippen molar-refractivity contribution in [1.29, 1.82) is 0 Å². The maximum absolute atomic E-state index is 8.57. The quantitative estimate of drug-likeness (QED) is 0.614. The van der Waals surface area contributed by atoms with Crippen LogP contribution in [0.2, 0.25) is 0 Å². The van der Waals surface area contributed by atoms with Crippen molar-refractivity contribution in [1.82, 2.24) is 0 Å². The Morgan fingerprint density at radius 1 is 1.50 bits per heavy atom. The molecule has 0 aliphatic rings. The maximum atomic E-state index is 8.57. The predicted molar refractivity (Wildman–Crippen MR) is 37.2 cm³/mol. The summed E-state index contributed by atoms with van der Waals surface area (Å²) in [6, 6.07) is 3.48. The lowest BCUT2D eigenvalue weighted by molar-refractivity contribution is 0.244. The van der Waals surface area contributed by atoms with Crippen LogP contribution in [0.1, 0.15) is 11.5 Å². The third kappa shape index (κ3) is 1.40. The minimum absolute atomic E-state index is 0.0649. The zero-order chi connectivity index (χ0) is 7.40. The lowest BCUT2D eigenvalue weighted by Crippen LogP contribution is -1.76. The molecule has 0 saturated heterocycles. The Labute approximate surface area is 59.5 Å². The van der Waals surface area contributed by atoms with Crippen molar-refractivity contribution < 1.29 is 9.52 Å². The van der Waals surface area contributed by atoms with Crippen molar-refractivity contribution in [3.63, 3.8) is 0 Å². The summed E-state index contributed by atoms with van der Waals surface area (Å²) in [6.07, 6.45) is 5.52. The molecule has 0 radical (unpaired) electrons. The van der Waals surface area contributed by atoms with Crippen molar-refractivity contribution in [2.75, 3.05) is 0 Å². The molecule has 2 nitrogen and oxygen atoms in total. The van der Waals surface area contributed by atoms with Gasteiger partial charge in [-0.05, 0) is 12.1 Å². The van der Waals surface area contributed by atoms with Crippen molar-refractivity contribution in [3.8, 4) is 12.3 Å². The summed E-state index contributed by atoms with van der Waals surface area (Å²) in [4.78, 5) is 0. The lowest BCUT2D eigenvalue weighted by Gasteiger charge is -1.86. The molecule has 0 aliphatic heterocycles. The molecule has 1 aromatic heterocycles. The largest absolute Gasteiger partial charge is 0.463 e. The Morgan fingerprint density at radius 2 is 2.20 bits per heavy atom. The highest BCUT2D eigenvalue weighted by atomic mass is 16.4. The summed E-state index contributed by atoms with van der Waals surface area (Å²) in [5.41, 5.74) is 0. The second kappa shape index (κ2) is 3.09. The Morgan fingerprint density at radius 3 is 2.70 bits per heavy atom. The predicted octanol–water partition coefficient (Wildman–Crippen LogP) is 0.948. The van der Waals surface area contributed by atoms with Gasteiger partial charge in [0.15, 0.2) is 0 Å². The molecule has 1 rings (SSSR count). The topological polar surface area (TPSA) is 33.4 Å². The molecule has 52 valence electrons. The number of hydrogen-bond acceptors (Lipinski definition) is 2. The van der Waals surface area contributed by atoms with Gasteiger partial charge in [0.1, 0.15) is 18.1 Å². The van der Waals surface area contributed by atoms with Gasteiger partial charge in [-0.1, -0.05) is 5.92 Å². The van der Waals surface area contributed by atoms with Gasteiger partial charge in [0, 0.05) is 0 Å². The van der Waals surface area contributed by atoms with E-state index in [4.69, 9.17) is 15.9 Å². The van der Waals surface area contributed by atoms with E-state index in [1.165, 1.54) is 0 Å².